The van der Waals surface area contributed by atoms with Crippen LogP contribution in [0.15, 0.2) is 24.4 Å². The Morgan fingerprint density at radius 2 is 1.62 bits per heavy atom. The van der Waals surface area contributed by atoms with E-state index in [4.69, 9.17) is 23.2 Å². The lowest BCUT2D eigenvalue weighted by Gasteiger charge is -2.14. The lowest BCUT2D eigenvalue weighted by Crippen LogP contribution is -2.04. The summed E-state index contributed by atoms with van der Waals surface area (Å²) in [5, 5.41) is 20.0. The lowest BCUT2D eigenvalue weighted by molar-refractivity contribution is 0.567. The van der Waals surface area contributed by atoms with Gasteiger partial charge in [0.25, 0.3) is 0 Å². The summed E-state index contributed by atoms with van der Waals surface area (Å²) < 4.78 is 0. The zero-order valence-corrected chi connectivity index (χ0v) is 14.9. The molecule has 6 heteroatoms. The number of halogens is 2. The van der Waals surface area contributed by atoms with E-state index in [1.54, 1.807) is 37.4 Å². The minimum Gasteiger partial charge on any atom is -0.383 e. The molecular weight excluding hydrogens is 343 g/mol. The van der Waals surface area contributed by atoms with E-state index in [9.17, 15) is 10.5 Å². The van der Waals surface area contributed by atoms with Crippen molar-refractivity contribution in [1.82, 2.24) is 9.88 Å². The molecule has 4 nitrogen and oxygen atoms in total. The van der Waals surface area contributed by atoms with Gasteiger partial charge in [0.1, 0.15) is 12.1 Å². The minimum atomic E-state index is 0.269. The van der Waals surface area contributed by atoms with Gasteiger partial charge in [-0.1, -0.05) is 29.3 Å². The molecule has 1 heterocycles. The third-order valence-corrected chi connectivity index (χ3v) is 4.00. The second-order valence-electron chi connectivity index (χ2n) is 5.31. The van der Waals surface area contributed by atoms with Crippen LogP contribution in [0.25, 0.3) is 17.2 Å². The van der Waals surface area contributed by atoms with Crippen molar-refractivity contribution in [2.24, 2.45) is 0 Å². The number of pyridine rings is 1. The summed E-state index contributed by atoms with van der Waals surface area (Å²) >= 11 is 12.6. The first-order valence-electron chi connectivity index (χ1n) is 7.04. The quantitative estimate of drug-likeness (QED) is 0.803. The highest BCUT2D eigenvalue weighted by Crippen LogP contribution is 2.40. The molecule has 2 aromatic rings. The van der Waals surface area contributed by atoms with Crippen molar-refractivity contribution < 1.29 is 0 Å². The van der Waals surface area contributed by atoms with Crippen molar-refractivity contribution in [2.75, 3.05) is 14.1 Å². The molecule has 0 aliphatic rings. The number of benzene rings is 1. The average molecular weight is 357 g/mol. The maximum atomic E-state index is 9.69. The number of hydrogen-bond donors (Lipinski definition) is 0. The molecule has 1 aromatic carbocycles. The Hall–Kier alpha value is -2.53. The molecule has 0 fully saturated rings. The van der Waals surface area contributed by atoms with E-state index in [2.05, 4.69) is 17.1 Å². The first kappa shape index (κ1) is 17.8. The predicted octanol–water partition coefficient (Wildman–Crippen LogP) is 4.64. The van der Waals surface area contributed by atoms with Crippen LogP contribution < -0.4 is 0 Å². The van der Waals surface area contributed by atoms with E-state index in [1.165, 1.54) is 0 Å². The monoisotopic (exact) mass is 356 g/mol. The zero-order valence-electron chi connectivity index (χ0n) is 13.4. The van der Waals surface area contributed by atoms with Crippen LogP contribution in [0.4, 0.5) is 0 Å². The summed E-state index contributed by atoms with van der Waals surface area (Å²) in [6.07, 6.45) is 3.51. The number of rotatable bonds is 3. The van der Waals surface area contributed by atoms with Crippen molar-refractivity contribution in [2.45, 2.75) is 6.92 Å². The fourth-order valence-electron chi connectivity index (χ4n) is 2.30. The molecule has 0 aliphatic heterocycles. The van der Waals surface area contributed by atoms with Gasteiger partial charge in [-0.3, -0.25) is 4.98 Å². The number of aryl methyl sites for hydroxylation is 1. The molecule has 0 spiro atoms. The Labute approximate surface area is 151 Å². The topological polar surface area (TPSA) is 63.7 Å². The molecule has 1 aromatic heterocycles. The smallest absolute Gasteiger partial charge is 0.102 e. The second kappa shape index (κ2) is 7.36. The Morgan fingerprint density at radius 3 is 2.12 bits per heavy atom. The van der Waals surface area contributed by atoms with E-state index in [0.717, 1.165) is 0 Å². The number of hydrogen-bond acceptors (Lipinski definition) is 4. The van der Waals surface area contributed by atoms with Gasteiger partial charge in [-0.15, -0.1) is 0 Å². The van der Waals surface area contributed by atoms with Crippen molar-refractivity contribution in [3.63, 3.8) is 0 Å². The highest BCUT2D eigenvalue weighted by Gasteiger charge is 2.22. The van der Waals surface area contributed by atoms with Gasteiger partial charge in [0.15, 0.2) is 0 Å². The van der Waals surface area contributed by atoms with E-state index < -0.39 is 0 Å². The Balaban J connectivity index is 2.93. The van der Waals surface area contributed by atoms with Crippen LogP contribution in [-0.2, 0) is 0 Å². The van der Waals surface area contributed by atoms with Crippen molar-refractivity contribution >= 4 is 29.3 Å². The van der Waals surface area contributed by atoms with Gasteiger partial charge in [0, 0.05) is 41.5 Å². The largest absolute Gasteiger partial charge is 0.383 e. The van der Waals surface area contributed by atoms with Gasteiger partial charge in [-0.05, 0) is 25.1 Å². The molecule has 24 heavy (non-hydrogen) atoms. The maximum absolute atomic E-state index is 9.69. The molecule has 0 amide bonds. The molecule has 0 radical (unpaired) electrons. The summed E-state index contributed by atoms with van der Waals surface area (Å²) in [7, 11) is 3.73. The van der Waals surface area contributed by atoms with E-state index in [-0.39, 0.29) is 5.56 Å². The zero-order chi connectivity index (χ0) is 17.9. The number of nitrogens with zero attached hydrogens (tertiary/aromatic N) is 4. The van der Waals surface area contributed by atoms with E-state index in [1.807, 2.05) is 19.0 Å². The van der Waals surface area contributed by atoms with Crippen LogP contribution in [0.5, 0.6) is 0 Å². The standard InChI is InChI=1S/C18H14Cl2N4/c1-11-12(9-21)17(18-14(19)5-4-6-15(18)20)13(10-22)16(23-11)7-8-24(2)3/h4-8H,1-3H3. The van der Waals surface area contributed by atoms with Gasteiger partial charge in [-0.25, -0.2) is 0 Å². The summed E-state index contributed by atoms with van der Waals surface area (Å²) in [4.78, 5) is 6.22. The molecule has 0 atom stereocenters. The second-order valence-corrected chi connectivity index (χ2v) is 6.12. The van der Waals surface area contributed by atoms with Crippen LogP contribution in [0, 0.1) is 29.6 Å². The van der Waals surface area contributed by atoms with Crippen LogP contribution in [0.1, 0.15) is 22.5 Å². The molecule has 0 aliphatic carbocycles. The van der Waals surface area contributed by atoms with E-state index in [0.29, 0.717) is 38.1 Å². The van der Waals surface area contributed by atoms with E-state index >= 15 is 0 Å². The maximum Gasteiger partial charge on any atom is 0.102 e. The van der Waals surface area contributed by atoms with Gasteiger partial charge in [0.2, 0.25) is 0 Å². The Morgan fingerprint density at radius 1 is 1.04 bits per heavy atom. The molecule has 0 saturated heterocycles. The van der Waals surface area contributed by atoms with Crippen molar-refractivity contribution in [3.8, 4) is 23.3 Å². The van der Waals surface area contributed by atoms with Gasteiger partial charge < -0.3 is 4.90 Å². The highest BCUT2D eigenvalue weighted by atomic mass is 35.5. The lowest BCUT2D eigenvalue weighted by atomic mass is 9.93. The van der Waals surface area contributed by atoms with Gasteiger partial charge >= 0.3 is 0 Å². The molecule has 120 valence electrons. The first-order valence-corrected chi connectivity index (χ1v) is 7.80. The summed E-state index contributed by atoms with van der Waals surface area (Å²) in [6.45, 7) is 1.72. The number of aromatic nitrogens is 1. The van der Waals surface area contributed by atoms with Crippen LogP contribution in [0.3, 0.4) is 0 Å². The molecule has 0 bridgehead atoms. The molecular formula is C18H14Cl2N4. The third-order valence-electron chi connectivity index (χ3n) is 3.37. The van der Waals surface area contributed by atoms with Crippen LogP contribution >= 0.6 is 23.2 Å². The number of nitriles is 2. The fraction of sp³-hybridized carbons (Fsp3) is 0.167. The van der Waals surface area contributed by atoms with Crippen LogP contribution in [-0.4, -0.2) is 24.0 Å². The van der Waals surface area contributed by atoms with Gasteiger partial charge in [0.05, 0.1) is 22.5 Å². The predicted molar refractivity (Wildman–Crippen MR) is 96.6 cm³/mol. The van der Waals surface area contributed by atoms with Crippen molar-refractivity contribution in [1.29, 1.82) is 10.5 Å². The van der Waals surface area contributed by atoms with Crippen LogP contribution in [0.2, 0.25) is 10.0 Å². The summed E-state index contributed by atoms with van der Waals surface area (Å²) in [5.41, 5.74) is 2.43. The van der Waals surface area contributed by atoms with Gasteiger partial charge in [-0.2, -0.15) is 10.5 Å². The normalized spacial score (nSPS) is 10.5. The fourth-order valence-corrected chi connectivity index (χ4v) is 2.89. The molecule has 0 saturated carbocycles. The van der Waals surface area contributed by atoms with Crippen molar-refractivity contribution in [3.05, 3.63) is 57.0 Å². The Bertz CT molecular complexity index is 882. The first-order chi connectivity index (χ1) is 11.4. The summed E-state index contributed by atoms with van der Waals surface area (Å²) in [5.74, 6) is 0. The Kier molecular flexibility index (Phi) is 5.46. The highest BCUT2D eigenvalue weighted by molar-refractivity contribution is 6.39. The summed E-state index contributed by atoms with van der Waals surface area (Å²) in [6, 6.07) is 9.33. The minimum absolute atomic E-state index is 0.269. The SMILES string of the molecule is Cc1nc(C=CN(C)C)c(C#N)c(-c2c(Cl)cccc2Cl)c1C#N. The molecule has 0 unspecified atom stereocenters. The molecule has 2 rings (SSSR count). The average Bonchev–Trinajstić information content (AvgIpc) is 2.52. The third kappa shape index (κ3) is 3.36. The molecule has 0 N–H and O–H groups in total.